The molecule has 0 bridgehead atoms. The molecule has 28 heavy (non-hydrogen) atoms. The first-order valence-corrected chi connectivity index (χ1v) is 10.0. The molecule has 0 aromatic heterocycles. The third kappa shape index (κ3) is 5.34. The molecule has 0 aliphatic carbocycles. The van der Waals surface area contributed by atoms with Crippen molar-refractivity contribution in [1.82, 2.24) is 10.0 Å². The first-order chi connectivity index (χ1) is 13.0. The van der Waals surface area contributed by atoms with E-state index < -0.39 is 45.8 Å². The summed E-state index contributed by atoms with van der Waals surface area (Å²) in [6.07, 6.45) is -1.36. The second-order valence-corrected chi connectivity index (χ2v) is 8.26. The highest BCUT2D eigenvalue weighted by molar-refractivity contribution is 7.89. The van der Waals surface area contributed by atoms with Crippen molar-refractivity contribution < 1.29 is 27.1 Å². The van der Waals surface area contributed by atoms with Gasteiger partial charge in [0.2, 0.25) is 15.9 Å². The van der Waals surface area contributed by atoms with Gasteiger partial charge in [0.25, 0.3) is 0 Å². The van der Waals surface area contributed by atoms with Crippen LogP contribution in [0.25, 0.3) is 0 Å². The van der Waals surface area contributed by atoms with Crippen molar-refractivity contribution in [3.63, 3.8) is 0 Å². The van der Waals surface area contributed by atoms with Gasteiger partial charge in [-0.25, -0.2) is 17.2 Å². The van der Waals surface area contributed by atoms with Gasteiger partial charge in [-0.1, -0.05) is 23.8 Å². The average molecular weight is 412 g/mol. The van der Waals surface area contributed by atoms with Crippen molar-refractivity contribution in [2.75, 3.05) is 0 Å². The van der Waals surface area contributed by atoms with Gasteiger partial charge in [0.1, 0.15) is 17.7 Å². The smallest absolute Gasteiger partial charge is 0.241 e. The van der Waals surface area contributed by atoms with Gasteiger partial charge < -0.3 is 10.4 Å². The summed E-state index contributed by atoms with van der Waals surface area (Å²) < 4.78 is 54.1. The Morgan fingerprint density at radius 3 is 2.21 bits per heavy atom. The summed E-state index contributed by atoms with van der Waals surface area (Å²) in [5.41, 5.74) is 0.888. The van der Waals surface area contributed by atoms with Crippen LogP contribution in [0.5, 0.6) is 0 Å². The van der Waals surface area contributed by atoms with E-state index in [4.69, 9.17) is 0 Å². The molecule has 0 heterocycles. The molecule has 0 saturated carbocycles. The quantitative estimate of drug-likeness (QED) is 0.650. The van der Waals surface area contributed by atoms with Crippen molar-refractivity contribution in [3.05, 3.63) is 65.2 Å². The van der Waals surface area contributed by atoms with Crippen molar-refractivity contribution in [1.29, 1.82) is 0 Å². The highest BCUT2D eigenvalue weighted by atomic mass is 32.2. The monoisotopic (exact) mass is 412 g/mol. The number of carbonyl (C=O) groups is 1. The standard InChI is InChI=1S/C19H22F2N2O4S/c1-11-4-7-15(8-5-11)28(26,27)23-18(13(3)24)19(25)22-12(2)16-9-6-14(20)10-17(16)21/h4-10,12-13,18,23-24H,1-3H3,(H,22,25). The summed E-state index contributed by atoms with van der Waals surface area (Å²) in [6, 6.07) is 6.50. The molecule has 0 saturated heterocycles. The number of nitrogens with one attached hydrogen (secondary N) is 2. The largest absolute Gasteiger partial charge is 0.391 e. The Morgan fingerprint density at radius 2 is 1.68 bits per heavy atom. The van der Waals surface area contributed by atoms with Crippen molar-refractivity contribution >= 4 is 15.9 Å². The van der Waals surface area contributed by atoms with Crippen LogP contribution in [-0.4, -0.2) is 31.6 Å². The molecule has 3 N–H and O–H groups in total. The molecule has 2 rings (SSSR count). The van der Waals surface area contributed by atoms with Crippen LogP contribution in [0, 0.1) is 18.6 Å². The normalized spacial score (nSPS) is 14.9. The summed E-state index contributed by atoms with van der Waals surface area (Å²) in [6.45, 7) is 4.51. The molecular formula is C19H22F2N2O4S. The van der Waals surface area contributed by atoms with E-state index in [2.05, 4.69) is 10.0 Å². The molecule has 1 amide bonds. The summed E-state index contributed by atoms with van der Waals surface area (Å²) in [7, 11) is -4.08. The van der Waals surface area contributed by atoms with Crippen LogP contribution in [0.3, 0.4) is 0 Å². The second-order valence-electron chi connectivity index (χ2n) is 6.55. The van der Waals surface area contributed by atoms with Crippen molar-refractivity contribution in [3.8, 4) is 0 Å². The van der Waals surface area contributed by atoms with Crippen LogP contribution in [0.15, 0.2) is 47.4 Å². The zero-order chi connectivity index (χ0) is 21.1. The number of aliphatic hydroxyl groups excluding tert-OH is 1. The number of sulfonamides is 1. The fraction of sp³-hybridized carbons (Fsp3) is 0.316. The first-order valence-electron chi connectivity index (χ1n) is 8.53. The van der Waals surface area contributed by atoms with Gasteiger partial charge in [-0.15, -0.1) is 0 Å². The Morgan fingerprint density at radius 1 is 1.07 bits per heavy atom. The molecule has 0 aliphatic heterocycles. The highest BCUT2D eigenvalue weighted by Crippen LogP contribution is 2.18. The van der Waals surface area contributed by atoms with Gasteiger partial charge in [-0.2, -0.15) is 4.72 Å². The molecule has 0 radical (unpaired) electrons. The predicted octanol–water partition coefficient (Wildman–Crippen LogP) is 2.18. The number of hydrogen-bond donors (Lipinski definition) is 3. The van der Waals surface area contributed by atoms with E-state index in [1.54, 1.807) is 19.1 Å². The lowest BCUT2D eigenvalue weighted by molar-refractivity contribution is -0.125. The van der Waals surface area contributed by atoms with E-state index in [0.717, 1.165) is 11.6 Å². The second kappa shape index (κ2) is 8.76. The molecule has 2 aromatic rings. The number of hydrogen-bond acceptors (Lipinski definition) is 4. The lowest BCUT2D eigenvalue weighted by Gasteiger charge is -2.23. The number of amides is 1. The molecule has 3 unspecified atom stereocenters. The minimum Gasteiger partial charge on any atom is -0.391 e. The van der Waals surface area contributed by atoms with E-state index in [-0.39, 0.29) is 10.5 Å². The Balaban J connectivity index is 2.18. The van der Waals surface area contributed by atoms with Gasteiger partial charge in [-0.05, 0) is 39.0 Å². The van der Waals surface area contributed by atoms with E-state index >= 15 is 0 Å². The SMILES string of the molecule is Cc1ccc(S(=O)(=O)NC(C(=O)NC(C)c2ccc(F)cc2F)C(C)O)cc1. The fourth-order valence-electron chi connectivity index (χ4n) is 2.56. The molecule has 0 fully saturated rings. The average Bonchev–Trinajstić information content (AvgIpc) is 2.59. The van der Waals surface area contributed by atoms with Crippen molar-refractivity contribution in [2.45, 2.75) is 43.9 Å². The lowest BCUT2D eigenvalue weighted by Crippen LogP contribution is -2.52. The summed E-state index contributed by atoms with van der Waals surface area (Å²) >= 11 is 0. The number of aryl methyl sites for hydroxylation is 1. The molecule has 6 nitrogen and oxygen atoms in total. The number of halogens is 2. The Labute approximate surface area is 162 Å². The summed E-state index contributed by atoms with van der Waals surface area (Å²) in [5, 5.41) is 12.3. The van der Waals surface area contributed by atoms with Gasteiger partial charge >= 0.3 is 0 Å². The van der Waals surface area contributed by atoms with Gasteiger partial charge in [0.15, 0.2) is 0 Å². The summed E-state index contributed by atoms with van der Waals surface area (Å²) in [4.78, 5) is 12.5. The maximum Gasteiger partial charge on any atom is 0.241 e. The van der Waals surface area contributed by atoms with E-state index in [9.17, 15) is 27.1 Å². The molecule has 9 heteroatoms. The van der Waals surface area contributed by atoms with Crippen LogP contribution in [0.4, 0.5) is 8.78 Å². The topological polar surface area (TPSA) is 95.5 Å². The predicted molar refractivity (Wildman–Crippen MR) is 99.9 cm³/mol. The first kappa shape index (κ1) is 21.9. The Kier molecular flexibility index (Phi) is 6.87. The number of benzene rings is 2. The van der Waals surface area contributed by atoms with Gasteiger partial charge in [0, 0.05) is 11.6 Å². The van der Waals surface area contributed by atoms with Crippen LogP contribution < -0.4 is 10.0 Å². The third-order valence-electron chi connectivity index (χ3n) is 4.17. The maximum atomic E-state index is 13.9. The van der Waals surface area contributed by atoms with E-state index in [1.807, 2.05) is 0 Å². The molecule has 3 atom stereocenters. The summed E-state index contributed by atoms with van der Waals surface area (Å²) in [5.74, 6) is -2.45. The van der Waals surface area contributed by atoms with Crippen molar-refractivity contribution in [2.24, 2.45) is 0 Å². The molecule has 2 aromatic carbocycles. The number of rotatable bonds is 7. The van der Waals surface area contributed by atoms with Crippen LogP contribution in [0.2, 0.25) is 0 Å². The number of aliphatic hydroxyl groups is 1. The third-order valence-corrected chi connectivity index (χ3v) is 5.62. The van der Waals surface area contributed by atoms with Gasteiger partial charge in [-0.3, -0.25) is 4.79 Å². The van der Waals surface area contributed by atoms with Gasteiger partial charge in [0.05, 0.1) is 17.0 Å². The van der Waals surface area contributed by atoms with Crippen LogP contribution in [-0.2, 0) is 14.8 Å². The minimum atomic E-state index is -4.08. The van der Waals surface area contributed by atoms with Crippen LogP contribution in [0.1, 0.15) is 31.0 Å². The Hall–Kier alpha value is -2.36. The van der Waals surface area contributed by atoms with E-state index in [0.29, 0.717) is 6.07 Å². The fourth-order valence-corrected chi connectivity index (χ4v) is 3.83. The molecule has 152 valence electrons. The van der Waals surface area contributed by atoms with E-state index in [1.165, 1.54) is 32.0 Å². The Bertz CT molecular complexity index is 947. The zero-order valence-corrected chi connectivity index (χ0v) is 16.4. The maximum absolute atomic E-state index is 13.9. The number of carbonyl (C=O) groups excluding carboxylic acids is 1. The molecule has 0 spiro atoms. The zero-order valence-electron chi connectivity index (χ0n) is 15.6. The minimum absolute atomic E-state index is 0.0282. The highest BCUT2D eigenvalue weighted by Gasteiger charge is 2.30. The molecule has 0 aliphatic rings. The molecular weight excluding hydrogens is 390 g/mol. The lowest BCUT2D eigenvalue weighted by atomic mass is 10.1. The van der Waals surface area contributed by atoms with Crippen LogP contribution >= 0.6 is 0 Å².